The minimum Gasteiger partial charge on any atom is -0.504 e. The molecule has 3 aromatic rings. The van der Waals surface area contributed by atoms with Gasteiger partial charge in [-0.1, -0.05) is 0 Å². The normalized spacial score (nSPS) is 11.3. The van der Waals surface area contributed by atoms with Gasteiger partial charge >= 0.3 is 0 Å². The second-order valence-electron chi connectivity index (χ2n) is 4.72. The topological polar surface area (TPSA) is 105 Å². The molecule has 0 spiro atoms. The molecule has 22 heavy (non-hydrogen) atoms. The van der Waals surface area contributed by atoms with Gasteiger partial charge in [0, 0.05) is 11.8 Å². The summed E-state index contributed by atoms with van der Waals surface area (Å²) in [4.78, 5) is 15.3. The Kier molecular flexibility index (Phi) is 3.30. The van der Waals surface area contributed by atoms with E-state index in [0.717, 1.165) is 0 Å². The minimum atomic E-state index is -0.489. The van der Waals surface area contributed by atoms with Gasteiger partial charge < -0.3 is 10.8 Å². The quantitative estimate of drug-likeness (QED) is 0.725. The van der Waals surface area contributed by atoms with Gasteiger partial charge in [-0.2, -0.15) is 0 Å². The number of imidazole rings is 1. The van der Waals surface area contributed by atoms with E-state index in [1.165, 1.54) is 0 Å². The first-order chi connectivity index (χ1) is 10.6. The van der Waals surface area contributed by atoms with Crippen LogP contribution in [0.5, 0.6) is 5.75 Å². The van der Waals surface area contributed by atoms with Crippen molar-refractivity contribution in [3.8, 4) is 5.75 Å². The number of rotatable bonds is 3. The number of aromatic nitrogens is 2. The van der Waals surface area contributed by atoms with Crippen molar-refractivity contribution in [3.05, 3.63) is 53.9 Å². The number of nitrogens with zero attached hydrogens (tertiary/aromatic N) is 4. The highest BCUT2D eigenvalue weighted by Crippen LogP contribution is 2.27. The molecule has 7 heteroatoms. The molecule has 0 saturated heterocycles. The van der Waals surface area contributed by atoms with Crippen LogP contribution in [0.2, 0.25) is 0 Å². The molecule has 0 atom stereocenters. The molecule has 0 bridgehead atoms. The molecule has 3 rings (SSSR count). The minimum absolute atomic E-state index is 0.0814. The predicted octanol–water partition coefficient (Wildman–Crippen LogP) is 2.86. The van der Waals surface area contributed by atoms with Gasteiger partial charge in [0.25, 0.3) is 0 Å². The Morgan fingerprint density at radius 1 is 1.23 bits per heavy atom. The van der Waals surface area contributed by atoms with Crippen molar-refractivity contribution < 1.29 is 9.90 Å². The molecule has 3 N–H and O–H groups in total. The molecule has 0 fully saturated rings. The van der Waals surface area contributed by atoms with Crippen molar-refractivity contribution in [3.63, 3.8) is 0 Å². The van der Waals surface area contributed by atoms with E-state index >= 15 is 0 Å². The number of carbonyl (C=O) groups excluding carboxylic acids is 1. The van der Waals surface area contributed by atoms with Gasteiger partial charge in [0.2, 0.25) is 5.91 Å². The number of fused-ring (bicyclic) bond motifs is 1. The Labute approximate surface area is 125 Å². The third-order valence-corrected chi connectivity index (χ3v) is 3.18. The standard InChI is InChI=1S/C15H13N5O2/c1-9-14(20-8-2-3-12(21)15(20)17-9)19-18-11-6-4-10(5-7-11)13(16)22/h2-8,21H,1H3,(H2,16,22). The van der Waals surface area contributed by atoms with Crippen molar-refractivity contribution in [2.24, 2.45) is 16.0 Å². The Bertz CT molecular complexity index is 881. The summed E-state index contributed by atoms with van der Waals surface area (Å²) in [6, 6.07) is 9.74. The van der Waals surface area contributed by atoms with Crippen molar-refractivity contribution >= 4 is 23.1 Å². The summed E-state index contributed by atoms with van der Waals surface area (Å²) in [6.45, 7) is 1.79. The van der Waals surface area contributed by atoms with Crippen LogP contribution >= 0.6 is 0 Å². The largest absolute Gasteiger partial charge is 0.504 e. The van der Waals surface area contributed by atoms with Crippen LogP contribution in [0.3, 0.4) is 0 Å². The van der Waals surface area contributed by atoms with Crippen molar-refractivity contribution in [2.75, 3.05) is 0 Å². The van der Waals surface area contributed by atoms with Gasteiger partial charge in [0.1, 0.15) is 0 Å². The van der Waals surface area contributed by atoms with E-state index in [-0.39, 0.29) is 5.75 Å². The van der Waals surface area contributed by atoms with Crippen molar-refractivity contribution in [2.45, 2.75) is 6.92 Å². The molecule has 1 amide bonds. The number of aromatic hydroxyl groups is 1. The smallest absolute Gasteiger partial charge is 0.248 e. The summed E-state index contributed by atoms with van der Waals surface area (Å²) in [6.07, 6.45) is 1.75. The summed E-state index contributed by atoms with van der Waals surface area (Å²) in [5.74, 6) is 0.124. The number of primary amides is 1. The van der Waals surface area contributed by atoms with Crippen LogP contribution in [-0.2, 0) is 0 Å². The first-order valence-electron chi connectivity index (χ1n) is 6.54. The molecule has 110 valence electrons. The molecular formula is C15H13N5O2. The third kappa shape index (κ3) is 2.39. The lowest BCUT2D eigenvalue weighted by Gasteiger charge is -1.98. The molecule has 0 aliphatic heterocycles. The van der Waals surface area contributed by atoms with Gasteiger partial charge in [0.05, 0.1) is 11.4 Å². The number of hydrogen-bond acceptors (Lipinski definition) is 5. The molecule has 2 heterocycles. The average molecular weight is 295 g/mol. The number of benzene rings is 1. The van der Waals surface area contributed by atoms with E-state index in [0.29, 0.717) is 28.4 Å². The highest BCUT2D eigenvalue weighted by molar-refractivity contribution is 5.92. The number of hydrogen-bond donors (Lipinski definition) is 2. The van der Waals surface area contributed by atoms with Crippen LogP contribution in [0.25, 0.3) is 5.65 Å². The van der Waals surface area contributed by atoms with E-state index in [9.17, 15) is 9.90 Å². The fraction of sp³-hybridized carbons (Fsp3) is 0.0667. The zero-order valence-corrected chi connectivity index (χ0v) is 11.8. The number of amides is 1. The SMILES string of the molecule is Cc1nc2c(O)cccn2c1N=Nc1ccc(C(N)=O)cc1. The van der Waals surface area contributed by atoms with Crippen LogP contribution in [0, 0.1) is 6.92 Å². The zero-order valence-electron chi connectivity index (χ0n) is 11.8. The van der Waals surface area contributed by atoms with Gasteiger partial charge in [-0.3, -0.25) is 9.20 Å². The van der Waals surface area contributed by atoms with Gasteiger partial charge in [0.15, 0.2) is 17.2 Å². The first kappa shape index (κ1) is 13.7. The van der Waals surface area contributed by atoms with E-state index < -0.39 is 5.91 Å². The maximum Gasteiger partial charge on any atom is 0.248 e. The lowest BCUT2D eigenvalue weighted by Crippen LogP contribution is -2.10. The van der Waals surface area contributed by atoms with Gasteiger partial charge in [-0.15, -0.1) is 10.2 Å². The number of aryl methyl sites for hydroxylation is 1. The van der Waals surface area contributed by atoms with E-state index in [1.54, 1.807) is 53.9 Å². The second kappa shape index (κ2) is 5.28. The summed E-state index contributed by atoms with van der Waals surface area (Å²) in [5, 5.41) is 18.1. The molecule has 0 aliphatic rings. The molecule has 0 unspecified atom stereocenters. The Morgan fingerprint density at radius 2 is 1.95 bits per heavy atom. The zero-order chi connectivity index (χ0) is 15.7. The van der Waals surface area contributed by atoms with Crippen molar-refractivity contribution in [1.29, 1.82) is 0 Å². The first-order valence-corrected chi connectivity index (χ1v) is 6.54. The fourth-order valence-corrected chi connectivity index (χ4v) is 2.07. The van der Waals surface area contributed by atoms with Crippen LogP contribution in [0.1, 0.15) is 16.1 Å². The van der Waals surface area contributed by atoms with E-state index in [2.05, 4.69) is 15.2 Å². The molecule has 1 aromatic carbocycles. The van der Waals surface area contributed by atoms with Crippen LogP contribution in [0.15, 0.2) is 52.8 Å². The number of azo groups is 1. The third-order valence-electron chi connectivity index (χ3n) is 3.18. The molecule has 7 nitrogen and oxygen atoms in total. The highest BCUT2D eigenvalue weighted by atomic mass is 16.3. The molecule has 0 saturated carbocycles. The summed E-state index contributed by atoms with van der Waals surface area (Å²) in [5.41, 5.74) is 7.26. The molecule has 0 aliphatic carbocycles. The van der Waals surface area contributed by atoms with Crippen LogP contribution in [0.4, 0.5) is 11.5 Å². The fourth-order valence-electron chi connectivity index (χ4n) is 2.07. The van der Waals surface area contributed by atoms with E-state index in [1.807, 2.05) is 0 Å². The lowest BCUT2D eigenvalue weighted by atomic mass is 10.2. The predicted molar refractivity (Wildman–Crippen MR) is 80.7 cm³/mol. The Morgan fingerprint density at radius 3 is 2.64 bits per heavy atom. The van der Waals surface area contributed by atoms with Crippen LogP contribution in [-0.4, -0.2) is 20.4 Å². The second-order valence-corrected chi connectivity index (χ2v) is 4.72. The highest BCUT2D eigenvalue weighted by Gasteiger charge is 2.10. The van der Waals surface area contributed by atoms with Crippen molar-refractivity contribution in [1.82, 2.24) is 9.38 Å². The maximum atomic E-state index is 11.0. The summed E-state index contributed by atoms with van der Waals surface area (Å²) >= 11 is 0. The molecular weight excluding hydrogens is 282 g/mol. The Hall–Kier alpha value is -3.22. The lowest BCUT2D eigenvalue weighted by molar-refractivity contribution is 0.100. The summed E-state index contributed by atoms with van der Waals surface area (Å²) in [7, 11) is 0. The summed E-state index contributed by atoms with van der Waals surface area (Å²) < 4.78 is 1.66. The number of carbonyl (C=O) groups is 1. The Balaban J connectivity index is 1.97. The maximum absolute atomic E-state index is 11.0. The average Bonchev–Trinajstić information content (AvgIpc) is 2.83. The number of nitrogens with two attached hydrogens (primary N) is 1. The monoisotopic (exact) mass is 295 g/mol. The molecule has 2 aromatic heterocycles. The van der Waals surface area contributed by atoms with Gasteiger partial charge in [-0.05, 0) is 43.3 Å². The van der Waals surface area contributed by atoms with Crippen LogP contribution < -0.4 is 5.73 Å². The number of pyridine rings is 1. The molecule has 0 radical (unpaired) electrons. The van der Waals surface area contributed by atoms with Gasteiger partial charge in [-0.25, -0.2) is 4.98 Å². The van der Waals surface area contributed by atoms with E-state index in [4.69, 9.17) is 5.73 Å².